The van der Waals surface area contributed by atoms with Crippen LogP contribution in [0.2, 0.25) is 10.0 Å². The minimum atomic E-state index is -1.45. The Morgan fingerprint density at radius 3 is 2.08 bits per heavy atom. The van der Waals surface area contributed by atoms with E-state index < -0.39 is 62.6 Å². The minimum Gasteiger partial charge on any atom is -0.326 e. The molecule has 198 valence electrons. The lowest BCUT2D eigenvalue weighted by atomic mass is 10.1. The predicted octanol–water partition coefficient (Wildman–Crippen LogP) is 7.15. The van der Waals surface area contributed by atoms with Gasteiger partial charge >= 0.3 is 0 Å². The Labute approximate surface area is 234 Å². The van der Waals surface area contributed by atoms with Gasteiger partial charge in [0.05, 0.1) is 32.9 Å². The largest absolute Gasteiger partial charge is 0.326 e. The average molecular weight is 605 g/mol. The molecule has 13 heteroatoms. The van der Waals surface area contributed by atoms with Crippen molar-refractivity contribution in [2.24, 2.45) is 5.92 Å². The molecule has 0 spiro atoms. The van der Waals surface area contributed by atoms with Gasteiger partial charge in [-0.3, -0.25) is 14.4 Å². The van der Waals surface area contributed by atoms with Gasteiger partial charge in [0.1, 0.15) is 21.8 Å². The highest BCUT2D eigenvalue weighted by atomic mass is 35.5. The average Bonchev–Trinajstić information content (AvgIpc) is 3.41. The summed E-state index contributed by atoms with van der Waals surface area (Å²) >= 11 is 24.7. The zero-order valence-electron chi connectivity index (χ0n) is 19.1. The van der Waals surface area contributed by atoms with Crippen LogP contribution < -0.4 is 16.0 Å². The van der Waals surface area contributed by atoms with Crippen molar-refractivity contribution in [1.82, 2.24) is 0 Å². The molecule has 4 rings (SSSR count). The van der Waals surface area contributed by atoms with Crippen molar-refractivity contribution in [3.8, 4) is 0 Å². The third-order valence-corrected chi connectivity index (χ3v) is 7.41. The Morgan fingerprint density at radius 1 is 0.789 bits per heavy atom. The second-order valence-electron chi connectivity index (χ2n) is 8.43. The number of hydrogen-bond acceptors (Lipinski definition) is 3. The molecule has 2 atom stereocenters. The Balaban J connectivity index is 1.52. The van der Waals surface area contributed by atoms with Crippen LogP contribution in [0.3, 0.4) is 0 Å². The van der Waals surface area contributed by atoms with Gasteiger partial charge < -0.3 is 16.0 Å². The first-order valence-electron chi connectivity index (χ1n) is 10.8. The van der Waals surface area contributed by atoms with E-state index in [0.717, 1.165) is 25.1 Å². The highest BCUT2D eigenvalue weighted by Gasteiger charge is 2.67. The van der Waals surface area contributed by atoms with Crippen LogP contribution in [0.15, 0.2) is 48.5 Å². The molecule has 1 aliphatic carbocycles. The van der Waals surface area contributed by atoms with Crippen molar-refractivity contribution in [1.29, 1.82) is 0 Å². The van der Waals surface area contributed by atoms with Crippen LogP contribution in [0.1, 0.15) is 28.8 Å². The van der Waals surface area contributed by atoms with Gasteiger partial charge in [-0.25, -0.2) is 13.2 Å². The van der Waals surface area contributed by atoms with E-state index in [0.29, 0.717) is 16.7 Å². The standard InChI is InChI=1S/C25H16Cl4F3N3O3/c1-10(36)33-19-9-20(18(32)8-17(19)31)35-23(37)13-7-12(3-5-16(13)30)34-24(38)22-21(25(22,28)29)11-2-4-14(26)15(27)6-11/h2-9,21-22H,1H3,(H,33,36)(H,34,38)(H,35,37)/t21-,22+/m0/s1. The number of anilines is 3. The molecule has 6 nitrogen and oxygen atoms in total. The summed E-state index contributed by atoms with van der Waals surface area (Å²) in [6.45, 7) is 1.11. The number of halogens is 7. The Morgan fingerprint density at radius 2 is 1.45 bits per heavy atom. The van der Waals surface area contributed by atoms with E-state index in [1.165, 1.54) is 6.07 Å². The second kappa shape index (κ2) is 10.6. The van der Waals surface area contributed by atoms with Crippen LogP contribution in [0.25, 0.3) is 0 Å². The van der Waals surface area contributed by atoms with Gasteiger partial charge in [0.2, 0.25) is 11.8 Å². The summed E-state index contributed by atoms with van der Waals surface area (Å²) in [6.07, 6.45) is 0. The Bertz CT molecular complexity index is 1490. The number of nitrogens with one attached hydrogen (secondary N) is 3. The summed E-state index contributed by atoms with van der Waals surface area (Å²) in [6, 6.07) is 9.20. The van der Waals surface area contributed by atoms with Crippen LogP contribution >= 0.6 is 46.4 Å². The summed E-state index contributed by atoms with van der Waals surface area (Å²) in [5, 5.41) is 7.39. The van der Waals surface area contributed by atoms with Crippen molar-refractivity contribution < 1.29 is 27.6 Å². The van der Waals surface area contributed by atoms with E-state index in [4.69, 9.17) is 46.4 Å². The number of carbonyl (C=O) groups is 3. The Hall–Kier alpha value is -2.98. The third-order valence-electron chi connectivity index (χ3n) is 5.73. The number of hydrogen-bond donors (Lipinski definition) is 3. The summed E-state index contributed by atoms with van der Waals surface area (Å²) in [5.41, 5.74) is -0.826. The molecular formula is C25H16Cl4F3N3O3. The van der Waals surface area contributed by atoms with Crippen LogP contribution in [-0.2, 0) is 9.59 Å². The summed E-state index contributed by atoms with van der Waals surface area (Å²) in [7, 11) is 0. The monoisotopic (exact) mass is 603 g/mol. The molecule has 1 aliphatic rings. The van der Waals surface area contributed by atoms with E-state index in [1.807, 2.05) is 0 Å². The number of alkyl halides is 2. The van der Waals surface area contributed by atoms with Crippen molar-refractivity contribution in [3.63, 3.8) is 0 Å². The van der Waals surface area contributed by atoms with Gasteiger partial charge in [-0.1, -0.05) is 29.3 Å². The maximum atomic E-state index is 14.5. The summed E-state index contributed by atoms with van der Waals surface area (Å²) in [5.74, 6) is -7.03. The fourth-order valence-electron chi connectivity index (χ4n) is 3.89. The summed E-state index contributed by atoms with van der Waals surface area (Å²) in [4.78, 5) is 36.9. The van der Waals surface area contributed by atoms with Crippen LogP contribution in [-0.4, -0.2) is 22.1 Å². The van der Waals surface area contributed by atoms with Crippen molar-refractivity contribution in [2.45, 2.75) is 17.2 Å². The molecule has 3 aromatic rings. The zero-order valence-corrected chi connectivity index (χ0v) is 22.2. The fraction of sp³-hybridized carbons (Fsp3) is 0.160. The zero-order chi connectivity index (χ0) is 27.9. The second-order valence-corrected chi connectivity index (χ2v) is 10.7. The van der Waals surface area contributed by atoms with E-state index in [1.54, 1.807) is 18.2 Å². The van der Waals surface area contributed by atoms with Crippen molar-refractivity contribution in [3.05, 3.63) is 87.2 Å². The van der Waals surface area contributed by atoms with E-state index in [-0.39, 0.29) is 16.4 Å². The number of carbonyl (C=O) groups excluding carboxylic acids is 3. The van der Waals surface area contributed by atoms with E-state index in [2.05, 4.69) is 16.0 Å². The SMILES string of the molecule is CC(=O)Nc1cc(NC(=O)c2cc(NC(=O)[C@H]3[C@H](c4ccc(Cl)c(Cl)c4)C3(Cl)Cl)ccc2F)c(F)cc1F. The van der Waals surface area contributed by atoms with Gasteiger partial charge in [-0.05, 0) is 42.0 Å². The molecular weight excluding hydrogens is 589 g/mol. The first-order valence-corrected chi connectivity index (χ1v) is 12.3. The molecule has 0 heterocycles. The maximum absolute atomic E-state index is 14.5. The minimum absolute atomic E-state index is 0.0315. The lowest BCUT2D eigenvalue weighted by Gasteiger charge is -2.12. The lowest BCUT2D eigenvalue weighted by Crippen LogP contribution is -2.19. The Kier molecular flexibility index (Phi) is 7.86. The molecule has 0 bridgehead atoms. The normalized spacial score (nSPS) is 17.5. The van der Waals surface area contributed by atoms with Crippen molar-refractivity contribution in [2.75, 3.05) is 16.0 Å². The van der Waals surface area contributed by atoms with Gasteiger partial charge in [0.25, 0.3) is 5.91 Å². The lowest BCUT2D eigenvalue weighted by molar-refractivity contribution is -0.117. The summed E-state index contributed by atoms with van der Waals surface area (Å²) < 4.78 is 41.1. The first-order chi connectivity index (χ1) is 17.8. The molecule has 0 saturated heterocycles. The molecule has 0 radical (unpaired) electrons. The van der Waals surface area contributed by atoms with Gasteiger partial charge in [-0.15, -0.1) is 23.2 Å². The van der Waals surface area contributed by atoms with E-state index >= 15 is 0 Å². The molecule has 1 fully saturated rings. The molecule has 3 N–H and O–H groups in total. The third kappa shape index (κ3) is 5.71. The predicted molar refractivity (Wildman–Crippen MR) is 141 cm³/mol. The van der Waals surface area contributed by atoms with Gasteiger partial charge in [0.15, 0.2) is 0 Å². The first kappa shape index (κ1) is 28.0. The quantitative estimate of drug-likeness (QED) is 0.261. The van der Waals surface area contributed by atoms with Crippen LogP contribution in [0.5, 0.6) is 0 Å². The molecule has 1 saturated carbocycles. The number of amides is 3. The topological polar surface area (TPSA) is 87.3 Å². The van der Waals surface area contributed by atoms with Gasteiger partial charge in [0, 0.05) is 24.6 Å². The van der Waals surface area contributed by atoms with Crippen molar-refractivity contribution >= 4 is 81.2 Å². The van der Waals surface area contributed by atoms with E-state index in [9.17, 15) is 27.6 Å². The molecule has 3 aromatic carbocycles. The molecule has 0 unspecified atom stereocenters. The smallest absolute Gasteiger partial charge is 0.258 e. The molecule has 38 heavy (non-hydrogen) atoms. The maximum Gasteiger partial charge on any atom is 0.258 e. The van der Waals surface area contributed by atoms with Gasteiger partial charge in [-0.2, -0.15) is 0 Å². The van der Waals surface area contributed by atoms with Crippen LogP contribution in [0.4, 0.5) is 30.2 Å². The number of rotatable bonds is 6. The molecule has 0 aliphatic heterocycles. The van der Waals surface area contributed by atoms with Crippen LogP contribution in [0, 0.1) is 23.4 Å². The highest BCUT2D eigenvalue weighted by molar-refractivity contribution is 6.53. The molecule has 0 aromatic heterocycles. The molecule has 3 amide bonds. The number of benzene rings is 3. The highest BCUT2D eigenvalue weighted by Crippen LogP contribution is 2.65. The fourth-order valence-corrected chi connectivity index (χ4v) is 5.03.